The van der Waals surface area contributed by atoms with Crippen molar-refractivity contribution in [3.63, 3.8) is 0 Å². The minimum Gasteiger partial charge on any atom is -0.475 e. The number of hydrogen-bond donors (Lipinski definition) is 2. The van der Waals surface area contributed by atoms with E-state index in [4.69, 9.17) is 9.52 Å². The lowest BCUT2D eigenvalue weighted by atomic mass is 10.1. The summed E-state index contributed by atoms with van der Waals surface area (Å²) >= 11 is 0. The van der Waals surface area contributed by atoms with Gasteiger partial charge in [0.05, 0.1) is 17.8 Å². The smallest absolute Gasteiger partial charge is 0.372 e. The fourth-order valence-electron chi connectivity index (χ4n) is 2.10. The molecule has 18 heavy (non-hydrogen) atoms. The summed E-state index contributed by atoms with van der Waals surface area (Å²) in [6.07, 6.45) is 2.76. The maximum atomic E-state index is 11.4. The molecule has 1 fully saturated rings. The monoisotopic (exact) mass is 273 g/mol. The zero-order valence-electron chi connectivity index (χ0n) is 9.76. The molecule has 0 amide bonds. The predicted octanol–water partition coefficient (Wildman–Crippen LogP) is 0.645. The van der Waals surface area contributed by atoms with Crippen molar-refractivity contribution in [1.29, 1.82) is 0 Å². The first-order chi connectivity index (χ1) is 8.48. The van der Waals surface area contributed by atoms with E-state index in [-0.39, 0.29) is 23.3 Å². The molecule has 2 heterocycles. The molecule has 1 aromatic heterocycles. The maximum absolute atomic E-state index is 11.4. The highest BCUT2D eigenvalue weighted by atomic mass is 32.2. The largest absolute Gasteiger partial charge is 0.475 e. The lowest BCUT2D eigenvalue weighted by Gasteiger charge is -2.22. The third-order valence-electron chi connectivity index (χ3n) is 2.99. The molecule has 1 aliphatic rings. The van der Waals surface area contributed by atoms with Crippen LogP contribution in [0.1, 0.15) is 29.0 Å². The molecule has 0 aliphatic carbocycles. The van der Waals surface area contributed by atoms with E-state index in [0.29, 0.717) is 18.5 Å². The van der Waals surface area contributed by atoms with Crippen LogP contribution >= 0.6 is 0 Å². The van der Waals surface area contributed by atoms with Crippen LogP contribution in [-0.4, -0.2) is 37.0 Å². The second kappa shape index (κ2) is 5.11. The highest BCUT2D eigenvalue weighted by Crippen LogP contribution is 2.14. The van der Waals surface area contributed by atoms with Gasteiger partial charge in [0.1, 0.15) is 0 Å². The van der Waals surface area contributed by atoms with Gasteiger partial charge in [-0.1, -0.05) is 0 Å². The van der Waals surface area contributed by atoms with Crippen molar-refractivity contribution < 1.29 is 22.7 Å². The van der Waals surface area contributed by atoms with Gasteiger partial charge in [0.15, 0.2) is 9.84 Å². The molecule has 0 radical (unpaired) electrons. The first-order valence-corrected chi connectivity index (χ1v) is 7.53. The molecule has 0 aromatic carbocycles. The van der Waals surface area contributed by atoms with Crippen molar-refractivity contribution in [3.05, 3.63) is 23.7 Å². The summed E-state index contributed by atoms with van der Waals surface area (Å²) in [6.45, 7) is 0.304. The Morgan fingerprint density at radius 1 is 1.56 bits per heavy atom. The Morgan fingerprint density at radius 3 is 3.00 bits per heavy atom. The summed E-state index contributed by atoms with van der Waals surface area (Å²) < 4.78 is 27.7. The summed E-state index contributed by atoms with van der Waals surface area (Å²) in [7, 11) is -2.95. The van der Waals surface area contributed by atoms with Crippen LogP contribution in [0.3, 0.4) is 0 Å². The van der Waals surface area contributed by atoms with Gasteiger partial charge in [-0.25, -0.2) is 13.2 Å². The Morgan fingerprint density at radius 2 is 2.33 bits per heavy atom. The summed E-state index contributed by atoms with van der Waals surface area (Å²) in [4.78, 5) is 10.8. The summed E-state index contributed by atoms with van der Waals surface area (Å²) in [5.74, 6) is -0.848. The molecule has 2 rings (SSSR count). The second-order valence-corrected chi connectivity index (χ2v) is 6.64. The molecule has 1 aromatic rings. The number of carboxylic acid groups (broad SMARTS) is 1. The number of nitrogens with one attached hydrogen (secondary N) is 1. The lowest BCUT2D eigenvalue weighted by molar-refractivity contribution is 0.0660. The Kier molecular flexibility index (Phi) is 3.72. The molecule has 7 heteroatoms. The zero-order chi connectivity index (χ0) is 13.2. The van der Waals surface area contributed by atoms with Crippen molar-refractivity contribution in [2.45, 2.75) is 25.4 Å². The van der Waals surface area contributed by atoms with Crippen molar-refractivity contribution in [3.8, 4) is 0 Å². The first-order valence-electron chi connectivity index (χ1n) is 5.71. The molecular formula is C11H15NO5S. The standard InChI is InChI=1S/C11H15NO5S/c13-11(14)10-8(3-4-17-10)6-12-9-2-1-5-18(15,16)7-9/h3-4,9,12H,1-2,5-7H2,(H,13,14). The van der Waals surface area contributed by atoms with Crippen LogP contribution < -0.4 is 5.32 Å². The molecule has 100 valence electrons. The van der Waals surface area contributed by atoms with Crippen LogP contribution in [0.5, 0.6) is 0 Å². The van der Waals surface area contributed by atoms with Crippen LogP contribution in [0.25, 0.3) is 0 Å². The molecule has 1 saturated heterocycles. The van der Waals surface area contributed by atoms with Crippen LogP contribution in [0.15, 0.2) is 16.7 Å². The van der Waals surface area contributed by atoms with Gasteiger partial charge < -0.3 is 14.8 Å². The van der Waals surface area contributed by atoms with Gasteiger partial charge in [-0.15, -0.1) is 0 Å². The molecule has 0 spiro atoms. The number of rotatable bonds is 4. The fraction of sp³-hybridized carbons (Fsp3) is 0.545. The summed E-state index contributed by atoms with van der Waals surface area (Å²) in [6, 6.07) is 1.47. The second-order valence-electron chi connectivity index (χ2n) is 4.41. The van der Waals surface area contributed by atoms with E-state index in [2.05, 4.69) is 5.32 Å². The van der Waals surface area contributed by atoms with Crippen LogP contribution in [-0.2, 0) is 16.4 Å². The van der Waals surface area contributed by atoms with Gasteiger partial charge in [-0.3, -0.25) is 0 Å². The number of hydrogen-bond acceptors (Lipinski definition) is 5. The van der Waals surface area contributed by atoms with E-state index < -0.39 is 15.8 Å². The predicted molar refractivity (Wildman–Crippen MR) is 64.2 cm³/mol. The van der Waals surface area contributed by atoms with E-state index in [1.54, 1.807) is 6.07 Å². The van der Waals surface area contributed by atoms with Gasteiger partial charge in [-0.2, -0.15) is 0 Å². The van der Waals surface area contributed by atoms with Gasteiger partial charge in [-0.05, 0) is 18.9 Å². The summed E-state index contributed by atoms with van der Waals surface area (Å²) in [5.41, 5.74) is 0.533. The number of aromatic carboxylic acids is 1. The normalized spacial score (nSPS) is 22.8. The Labute approximate surface area is 105 Å². The van der Waals surface area contributed by atoms with Crippen LogP contribution in [0, 0.1) is 0 Å². The van der Waals surface area contributed by atoms with E-state index in [0.717, 1.165) is 6.42 Å². The zero-order valence-corrected chi connectivity index (χ0v) is 10.6. The number of carbonyl (C=O) groups is 1. The van der Waals surface area contributed by atoms with Crippen molar-refractivity contribution >= 4 is 15.8 Å². The third-order valence-corrected chi connectivity index (χ3v) is 4.81. The average Bonchev–Trinajstić information content (AvgIpc) is 2.73. The molecule has 1 atom stereocenters. The minimum atomic E-state index is -2.95. The van der Waals surface area contributed by atoms with E-state index in [1.807, 2.05) is 0 Å². The third kappa shape index (κ3) is 3.11. The lowest BCUT2D eigenvalue weighted by Crippen LogP contribution is -2.39. The van der Waals surface area contributed by atoms with E-state index in [9.17, 15) is 13.2 Å². The van der Waals surface area contributed by atoms with Gasteiger partial charge in [0, 0.05) is 18.2 Å². The molecule has 0 saturated carbocycles. The number of carboxylic acids is 1. The highest BCUT2D eigenvalue weighted by molar-refractivity contribution is 7.91. The molecule has 1 unspecified atom stereocenters. The minimum absolute atomic E-state index is 0.0961. The molecule has 2 N–H and O–H groups in total. The molecule has 1 aliphatic heterocycles. The van der Waals surface area contributed by atoms with Crippen LogP contribution in [0.2, 0.25) is 0 Å². The maximum Gasteiger partial charge on any atom is 0.372 e. The number of sulfone groups is 1. The SMILES string of the molecule is O=C(O)c1occc1CNC1CCCS(=O)(=O)C1. The topological polar surface area (TPSA) is 96.6 Å². The van der Waals surface area contributed by atoms with Gasteiger partial charge >= 0.3 is 5.97 Å². The Hall–Kier alpha value is -1.34. The van der Waals surface area contributed by atoms with Crippen molar-refractivity contribution in [1.82, 2.24) is 5.32 Å². The van der Waals surface area contributed by atoms with Crippen LogP contribution in [0.4, 0.5) is 0 Å². The quantitative estimate of drug-likeness (QED) is 0.836. The fourth-order valence-corrected chi connectivity index (χ4v) is 3.77. The molecular weight excluding hydrogens is 258 g/mol. The van der Waals surface area contributed by atoms with Gasteiger partial charge in [0.2, 0.25) is 5.76 Å². The molecule has 0 bridgehead atoms. The Balaban J connectivity index is 1.95. The van der Waals surface area contributed by atoms with Crippen molar-refractivity contribution in [2.24, 2.45) is 0 Å². The molecule has 6 nitrogen and oxygen atoms in total. The summed E-state index contributed by atoms with van der Waals surface area (Å²) in [5, 5.41) is 11.9. The van der Waals surface area contributed by atoms with E-state index >= 15 is 0 Å². The van der Waals surface area contributed by atoms with E-state index in [1.165, 1.54) is 6.26 Å². The van der Waals surface area contributed by atoms with Crippen molar-refractivity contribution in [2.75, 3.05) is 11.5 Å². The highest BCUT2D eigenvalue weighted by Gasteiger charge is 2.24. The first kappa shape index (κ1) is 13.1. The Bertz CT molecular complexity index is 533. The number of furan rings is 1. The average molecular weight is 273 g/mol. The van der Waals surface area contributed by atoms with Gasteiger partial charge in [0.25, 0.3) is 0 Å².